The van der Waals surface area contributed by atoms with Crippen LogP contribution in [0.25, 0.3) is 0 Å². The van der Waals surface area contributed by atoms with Gasteiger partial charge in [-0.05, 0) is 54.6 Å². The largest absolute Gasteiger partial charge is 0.497 e. The van der Waals surface area contributed by atoms with Gasteiger partial charge in [-0.3, -0.25) is 4.79 Å². The maximum absolute atomic E-state index is 11.4. The third-order valence-electron chi connectivity index (χ3n) is 6.72. The minimum atomic E-state index is -1.85. The van der Waals surface area contributed by atoms with Crippen molar-refractivity contribution in [2.75, 3.05) is 13.7 Å². The third kappa shape index (κ3) is 9.61. The van der Waals surface area contributed by atoms with Gasteiger partial charge in [0, 0.05) is 12.5 Å². The lowest BCUT2D eigenvalue weighted by Gasteiger charge is -2.37. The van der Waals surface area contributed by atoms with Crippen molar-refractivity contribution in [1.29, 1.82) is 0 Å². The second kappa shape index (κ2) is 12.7. The smallest absolute Gasteiger partial charge is 0.305 e. The fourth-order valence-electron chi connectivity index (χ4n) is 3.09. The molecule has 7 heteroatoms. The number of hydrogen-bond acceptors (Lipinski definition) is 5. The van der Waals surface area contributed by atoms with Gasteiger partial charge in [-0.2, -0.15) is 0 Å². The van der Waals surface area contributed by atoms with Gasteiger partial charge in [0.1, 0.15) is 5.75 Å². The number of carboxylic acid groups (broad SMARTS) is 1. The van der Waals surface area contributed by atoms with Gasteiger partial charge >= 0.3 is 5.97 Å². The van der Waals surface area contributed by atoms with Crippen LogP contribution in [0.4, 0.5) is 0 Å². The molecule has 1 rings (SSSR count). The van der Waals surface area contributed by atoms with Crippen molar-refractivity contribution in [3.05, 3.63) is 29.8 Å². The van der Waals surface area contributed by atoms with E-state index in [2.05, 4.69) is 33.9 Å². The summed E-state index contributed by atoms with van der Waals surface area (Å²) < 4.78 is 17.4. The van der Waals surface area contributed by atoms with Crippen LogP contribution in [0, 0.1) is 11.8 Å². The normalized spacial score (nSPS) is 16.3. The Hall–Kier alpha value is -1.41. The van der Waals surface area contributed by atoms with Crippen molar-refractivity contribution in [3.8, 4) is 5.75 Å². The summed E-state index contributed by atoms with van der Waals surface area (Å²) in [5.74, 6) is -0.0833. The predicted octanol–water partition coefficient (Wildman–Crippen LogP) is 5.49. The van der Waals surface area contributed by atoms with E-state index >= 15 is 0 Å². The molecule has 0 spiro atoms. The van der Waals surface area contributed by atoms with Crippen molar-refractivity contribution in [3.63, 3.8) is 0 Å². The summed E-state index contributed by atoms with van der Waals surface area (Å²) in [5.41, 5.74) is 0.963. The average Bonchev–Trinajstić information content (AvgIpc) is 2.72. The van der Waals surface area contributed by atoms with Crippen molar-refractivity contribution < 1.29 is 28.9 Å². The van der Waals surface area contributed by atoms with E-state index in [1.165, 1.54) is 0 Å². The fourth-order valence-corrected chi connectivity index (χ4v) is 4.21. The molecule has 184 valence electrons. The molecule has 0 saturated carbocycles. The number of hydrogen-bond donors (Lipinski definition) is 2. The summed E-state index contributed by atoms with van der Waals surface area (Å²) in [6, 6.07) is 7.54. The molecule has 1 aromatic carbocycles. The van der Waals surface area contributed by atoms with E-state index < -0.39 is 26.5 Å². The van der Waals surface area contributed by atoms with Gasteiger partial charge in [0.05, 0.1) is 32.3 Å². The quantitative estimate of drug-likeness (QED) is 0.351. The first kappa shape index (κ1) is 28.6. The summed E-state index contributed by atoms with van der Waals surface area (Å²) in [7, 11) is -0.232. The van der Waals surface area contributed by atoms with Gasteiger partial charge in [0.2, 0.25) is 0 Å². The number of aliphatic hydroxyl groups is 1. The van der Waals surface area contributed by atoms with E-state index in [9.17, 15) is 15.0 Å². The highest BCUT2D eigenvalue weighted by atomic mass is 28.4. The molecule has 0 aliphatic rings. The van der Waals surface area contributed by atoms with E-state index in [0.717, 1.165) is 11.3 Å². The molecule has 0 saturated heterocycles. The molecule has 0 aliphatic carbocycles. The molecule has 4 atom stereocenters. The van der Waals surface area contributed by atoms with Crippen LogP contribution in [0.1, 0.15) is 59.4 Å². The van der Waals surface area contributed by atoms with E-state index in [1.54, 1.807) is 7.11 Å². The van der Waals surface area contributed by atoms with Gasteiger partial charge in [-0.25, -0.2) is 0 Å². The molecule has 0 radical (unpaired) electrons. The second-order valence-electron chi connectivity index (χ2n) is 10.5. The average molecular weight is 469 g/mol. The number of aliphatic carboxylic acids is 1. The molecule has 0 heterocycles. The van der Waals surface area contributed by atoms with Crippen molar-refractivity contribution in [2.45, 2.75) is 90.8 Å². The highest BCUT2D eigenvalue weighted by Crippen LogP contribution is 2.37. The number of carboxylic acids is 1. The van der Waals surface area contributed by atoms with Gasteiger partial charge in [0.25, 0.3) is 0 Å². The minimum absolute atomic E-state index is 0.00695. The van der Waals surface area contributed by atoms with Crippen LogP contribution in [0.2, 0.25) is 18.1 Å². The molecule has 0 aliphatic heterocycles. The highest BCUT2D eigenvalue weighted by Gasteiger charge is 2.37. The molecular formula is C25H44O6Si. The Labute approximate surface area is 195 Å². The summed E-state index contributed by atoms with van der Waals surface area (Å²) in [6.45, 7) is 15.9. The first-order valence-electron chi connectivity index (χ1n) is 11.5. The Morgan fingerprint density at radius 3 is 2.16 bits per heavy atom. The molecule has 32 heavy (non-hydrogen) atoms. The van der Waals surface area contributed by atoms with Gasteiger partial charge in [-0.15, -0.1) is 0 Å². The van der Waals surface area contributed by atoms with Gasteiger partial charge in [0.15, 0.2) is 8.32 Å². The van der Waals surface area contributed by atoms with Crippen LogP contribution >= 0.6 is 0 Å². The van der Waals surface area contributed by atoms with Crippen molar-refractivity contribution in [2.24, 2.45) is 11.8 Å². The fraction of sp³-hybridized carbons (Fsp3) is 0.720. The molecule has 6 nitrogen and oxygen atoms in total. The zero-order valence-electron chi connectivity index (χ0n) is 21.2. The van der Waals surface area contributed by atoms with Crippen LogP contribution in [-0.2, 0) is 20.6 Å². The van der Waals surface area contributed by atoms with Crippen LogP contribution in [0.5, 0.6) is 5.75 Å². The van der Waals surface area contributed by atoms with E-state index in [1.807, 2.05) is 38.1 Å². The topological polar surface area (TPSA) is 85.2 Å². The maximum atomic E-state index is 11.4. The number of benzene rings is 1. The van der Waals surface area contributed by atoms with Gasteiger partial charge < -0.3 is 24.1 Å². The lowest BCUT2D eigenvalue weighted by molar-refractivity contribution is -0.141. The first-order chi connectivity index (χ1) is 14.8. The summed E-state index contributed by atoms with van der Waals surface area (Å²) >= 11 is 0. The monoisotopic (exact) mass is 468 g/mol. The van der Waals surface area contributed by atoms with Crippen LogP contribution in [-0.4, -0.2) is 50.4 Å². The zero-order chi connectivity index (χ0) is 24.5. The predicted molar refractivity (Wildman–Crippen MR) is 131 cm³/mol. The Balaban J connectivity index is 2.57. The standard InChI is InChI=1S/C25H44O6Si/c1-18(9-14-22(26)19(2)16-31-32(7,8)25(3,4)5)23(15-24(27)28)30-17-20-10-12-21(29-6)13-11-20/h10-13,18-19,22-23,26H,9,14-17H2,1-8H3,(H,27,28)/t18-,19+,22-,23+/m0/s1. The molecule has 2 N–H and O–H groups in total. The van der Waals surface area contributed by atoms with Crippen molar-refractivity contribution >= 4 is 14.3 Å². The van der Waals surface area contributed by atoms with Crippen LogP contribution < -0.4 is 4.74 Å². The minimum Gasteiger partial charge on any atom is -0.497 e. The number of ether oxygens (including phenoxy) is 2. The van der Waals surface area contributed by atoms with Crippen LogP contribution in [0.3, 0.4) is 0 Å². The molecule has 0 unspecified atom stereocenters. The summed E-state index contributed by atoms with van der Waals surface area (Å²) in [5, 5.41) is 20.1. The summed E-state index contributed by atoms with van der Waals surface area (Å²) in [4.78, 5) is 11.4. The molecule has 0 amide bonds. The first-order valence-corrected chi connectivity index (χ1v) is 14.5. The molecule has 1 aromatic rings. The number of methoxy groups -OCH3 is 1. The Morgan fingerprint density at radius 2 is 1.66 bits per heavy atom. The lowest BCUT2D eigenvalue weighted by atomic mass is 9.92. The molecule has 0 bridgehead atoms. The van der Waals surface area contributed by atoms with Gasteiger partial charge in [-0.1, -0.05) is 46.8 Å². The summed E-state index contributed by atoms with van der Waals surface area (Å²) in [6.07, 6.45) is 0.310. The number of rotatable bonds is 14. The maximum Gasteiger partial charge on any atom is 0.305 e. The van der Waals surface area contributed by atoms with E-state index in [4.69, 9.17) is 13.9 Å². The second-order valence-corrected chi connectivity index (χ2v) is 15.3. The Bertz CT molecular complexity index is 683. The molecular weight excluding hydrogens is 424 g/mol. The SMILES string of the molecule is COc1ccc(CO[C@H](CC(=O)O)[C@@H](C)CC[C@H](O)[C@H](C)CO[Si](C)(C)C(C)(C)C)cc1. The highest BCUT2D eigenvalue weighted by molar-refractivity contribution is 6.74. The Kier molecular flexibility index (Phi) is 11.4. The lowest BCUT2D eigenvalue weighted by Crippen LogP contribution is -2.42. The number of aliphatic hydroxyl groups excluding tert-OH is 1. The molecule has 0 fully saturated rings. The van der Waals surface area contributed by atoms with E-state index in [-0.39, 0.29) is 23.3 Å². The number of carbonyl (C=O) groups is 1. The molecule has 0 aromatic heterocycles. The van der Waals surface area contributed by atoms with Crippen LogP contribution in [0.15, 0.2) is 24.3 Å². The zero-order valence-corrected chi connectivity index (χ0v) is 22.2. The van der Waals surface area contributed by atoms with Crippen molar-refractivity contribution in [1.82, 2.24) is 0 Å². The Morgan fingerprint density at radius 1 is 1.06 bits per heavy atom. The third-order valence-corrected chi connectivity index (χ3v) is 11.2. The van der Waals surface area contributed by atoms with E-state index in [0.29, 0.717) is 26.1 Å².